The molecule has 0 saturated carbocycles. The second-order valence-electron chi connectivity index (χ2n) is 8.37. The molecule has 1 aromatic carbocycles. The molecular formula is C23H30N8O. The lowest BCUT2D eigenvalue weighted by molar-refractivity contribution is 0.0821. The van der Waals surface area contributed by atoms with E-state index >= 15 is 0 Å². The molecule has 32 heavy (non-hydrogen) atoms. The van der Waals surface area contributed by atoms with E-state index in [9.17, 15) is 10.1 Å². The minimum atomic E-state index is -0.173. The summed E-state index contributed by atoms with van der Waals surface area (Å²) < 4.78 is 0. The van der Waals surface area contributed by atoms with Crippen molar-refractivity contribution in [1.82, 2.24) is 25.1 Å². The van der Waals surface area contributed by atoms with Crippen LogP contribution in [-0.4, -0.2) is 71.4 Å². The first-order valence-electron chi connectivity index (χ1n) is 10.7. The van der Waals surface area contributed by atoms with Gasteiger partial charge in [0.1, 0.15) is 11.5 Å². The number of carbonyl (C=O) groups is 1. The SMILES string of the molecule is Cc1ccccc1N=C(NC#N)N1CCN(c2cnc(C(=O)N(C)C)cn2)CC1C(C)C. The van der Waals surface area contributed by atoms with Crippen LogP contribution in [0.2, 0.25) is 0 Å². The Morgan fingerprint density at radius 2 is 2.00 bits per heavy atom. The normalized spacial score (nSPS) is 16.7. The van der Waals surface area contributed by atoms with E-state index in [0.717, 1.165) is 17.1 Å². The van der Waals surface area contributed by atoms with Gasteiger partial charge in [0.15, 0.2) is 6.19 Å². The molecule has 0 spiro atoms. The van der Waals surface area contributed by atoms with Gasteiger partial charge in [0, 0.05) is 33.7 Å². The number of nitriles is 1. The molecule has 1 aliphatic rings. The fourth-order valence-electron chi connectivity index (χ4n) is 3.69. The Morgan fingerprint density at radius 3 is 2.59 bits per heavy atom. The van der Waals surface area contributed by atoms with Crippen molar-refractivity contribution in [2.75, 3.05) is 38.6 Å². The van der Waals surface area contributed by atoms with Gasteiger partial charge in [0.2, 0.25) is 5.96 Å². The largest absolute Gasteiger partial charge is 0.351 e. The molecular weight excluding hydrogens is 404 g/mol. The molecule has 1 saturated heterocycles. The van der Waals surface area contributed by atoms with E-state index in [1.165, 1.54) is 11.1 Å². The van der Waals surface area contributed by atoms with Gasteiger partial charge in [-0.05, 0) is 24.5 Å². The number of guanidine groups is 1. The van der Waals surface area contributed by atoms with Crippen LogP contribution >= 0.6 is 0 Å². The lowest BCUT2D eigenvalue weighted by atomic mass is 10.00. The van der Waals surface area contributed by atoms with Gasteiger partial charge in [0.05, 0.1) is 24.1 Å². The van der Waals surface area contributed by atoms with Gasteiger partial charge >= 0.3 is 0 Å². The van der Waals surface area contributed by atoms with Crippen LogP contribution in [0.4, 0.5) is 11.5 Å². The highest BCUT2D eigenvalue weighted by atomic mass is 16.2. The molecule has 2 aromatic rings. The lowest BCUT2D eigenvalue weighted by Gasteiger charge is -2.44. The number of hydrogen-bond acceptors (Lipinski definition) is 6. The Bertz CT molecular complexity index is 1010. The Hall–Kier alpha value is -3.67. The fraction of sp³-hybridized carbons (Fsp3) is 0.435. The first-order chi connectivity index (χ1) is 15.3. The summed E-state index contributed by atoms with van der Waals surface area (Å²) in [5.41, 5.74) is 2.21. The summed E-state index contributed by atoms with van der Waals surface area (Å²) in [6, 6.07) is 7.97. The van der Waals surface area contributed by atoms with E-state index in [0.29, 0.717) is 37.2 Å². The molecule has 9 nitrogen and oxygen atoms in total. The number of nitrogens with zero attached hydrogens (tertiary/aromatic N) is 7. The zero-order chi connectivity index (χ0) is 23.3. The zero-order valence-electron chi connectivity index (χ0n) is 19.3. The highest BCUT2D eigenvalue weighted by molar-refractivity contribution is 5.91. The second-order valence-corrected chi connectivity index (χ2v) is 8.37. The van der Waals surface area contributed by atoms with Crippen molar-refractivity contribution < 1.29 is 4.79 Å². The molecule has 1 unspecified atom stereocenters. The summed E-state index contributed by atoms with van der Waals surface area (Å²) in [6.45, 7) is 8.38. The average Bonchev–Trinajstić information content (AvgIpc) is 2.79. The number of aliphatic imine (C=N–C) groups is 1. The van der Waals surface area contributed by atoms with Crippen molar-refractivity contribution in [3.05, 3.63) is 47.9 Å². The van der Waals surface area contributed by atoms with E-state index in [1.807, 2.05) is 37.4 Å². The van der Waals surface area contributed by atoms with Gasteiger partial charge in [-0.15, -0.1) is 0 Å². The van der Waals surface area contributed by atoms with Crippen LogP contribution in [0.3, 0.4) is 0 Å². The number of carbonyl (C=O) groups excluding carboxylic acids is 1. The van der Waals surface area contributed by atoms with E-state index in [-0.39, 0.29) is 11.9 Å². The van der Waals surface area contributed by atoms with Crippen molar-refractivity contribution in [3.8, 4) is 6.19 Å². The van der Waals surface area contributed by atoms with E-state index in [2.05, 4.69) is 38.9 Å². The predicted molar refractivity (Wildman–Crippen MR) is 125 cm³/mol. The number of para-hydroxylation sites is 1. The third kappa shape index (κ3) is 5.14. The number of aromatic nitrogens is 2. The number of piperazine rings is 1. The average molecular weight is 435 g/mol. The number of rotatable bonds is 4. The maximum Gasteiger partial charge on any atom is 0.273 e. The number of amides is 1. The van der Waals surface area contributed by atoms with Gasteiger partial charge < -0.3 is 14.7 Å². The molecule has 168 valence electrons. The summed E-state index contributed by atoms with van der Waals surface area (Å²) in [6.07, 6.45) is 5.22. The van der Waals surface area contributed by atoms with Gasteiger partial charge in [-0.3, -0.25) is 10.1 Å². The molecule has 0 aliphatic carbocycles. The Kier molecular flexibility index (Phi) is 7.25. The van der Waals surface area contributed by atoms with Crippen LogP contribution in [-0.2, 0) is 0 Å². The van der Waals surface area contributed by atoms with E-state index < -0.39 is 0 Å². The molecule has 0 radical (unpaired) electrons. The molecule has 2 heterocycles. The summed E-state index contributed by atoms with van der Waals surface area (Å²) in [5, 5.41) is 12.1. The smallest absolute Gasteiger partial charge is 0.273 e. The third-order valence-corrected chi connectivity index (χ3v) is 5.56. The Labute approximate surface area is 189 Å². The molecule has 9 heteroatoms. The maximum absolute atomic E-state index is 12.1. The van der Waals surface area contributed by atoms with Crippen molar-refractivity contribution in [2.24, 2.45) is 10.9 Å². The molecule has 3 rings (SSSR count). The van der Waals surface area contributed by atoms with Gasteiger partial charge in [-0.25, -0.2) is 15.0 Å². The van der Waals surface area contributed by atoms with Crippen molar-refractivity contribution in [3.63, 3.8) is 0 Å². The monoisotopic (exact) mass is 434 g/mol. The summed E-state index contributed by atoms with van der Waals surface area (Å²) >= 11 is 0. The highest BCUT2D eigenvalue weighted by Gasteiger charge is 2.32. The zero-order valence-corrected chi connectivity index (χ0v) is 19.3. The van der Waals surface area contributed by atoms with E-state index in [1.54, 1.807) is 20.3 Å². The Morgan fingerprint density at radius 1 is 1.25 bits per heavy atom. The molecule has 1 aromatic heterocycles. The molecule has 0 bridgehead atoms. The molecule has 1 fully saturated rings. The van der Waals surface area contributed by atoms with Gasteiger partial charge in [-0.2, -0.15) is 5.26 Å². The summed E-state index contributed by atoms with van der Waals surface area (Å²) in [5.74, 6) is 1.42. The first kappa shape index (κ1) is 23.0. The van der Waals surface area contributed by atoms with Crippen LogP contribution in [0.1, 0.15) is 29.9 Å². The third-order valence-electron chi connectivity index (χ3n) is 5.56. The summed E-state index contributed by atoms with van der Waals surface area (Å²) in [7, 11) is 3.38. The van der Waals surface area contributed by atoms with E-state index in [4.69, 9.17) is 4.99 Å². The standard InChI is InChI=1S/C23H30N8O/c1-16(2)20-14-30(21-13-25-19(12-26-21)22(32)29(4)5)10-11-31(20)23(27-15-24)28-18-9-7-6-8-17(18)3/h6-9,12-13,16,20H,10-11,14H2,1-5H3,(H,27,28). The second kappa shape index (κ2) is 10.1. The fourth-order valence-corrected chi connectivity index (χ4v) is 3.69. The van der Waals surface area contributed by atoms with Crippen molar-refractivity contribution in [2.45, 2.75) is 26.8 Å². The van der Waals surface area contributed by atoms with Gasteiger partial charge in [-0.1, -0.05) is 32.0 Å². The van der Waals surface area contributed by atoms with Crippen molar-refractivity contribution in [1.29, 1.82) is 5.26 Å². The maximum atomic E-state index is 12.1. The number of anilines is 1. The predicted octanol–water partition coefficient (Wildman–Crippen LogP) is 2.39. The topological polar surface area (TPSA) is 101 Å². The Balaban J connectivity index is 1.83. The molecule has 1 atom stereocenters. The van der Waals surface area contributed by atoms with Crippen LogP contribution in [0.15, 0.2) is 41.7 Å². The van der Waals surface area contributed by atoms with Crippen LogP contribution < -0.4 is 10.2 Å². The minimum absolute atomic E-state index is 0.109. The van der Waals surface area contributed by atoms with Crippen LogP contribution in [0.5, 0.6) is 0 Å². The van der Waals surface area contributed by atoms with Crippen LogP contribution in [0, 0.1) is 24.3 Å². The highest BCUT2D eigenvalue weighted by Crippen LogP contribution is 2.24. The molecule has 1 aliphatic heterocycles. The number of benzene rings is 1. The van der Waals surface area contributed by atoms with Crippen molar-refractivity contribution >= 4 is 23.4 Å². The lowest BCUT2D eigenvalue weighted by Crippen LogP contribution is -2.59. The summed E-state index contributed by atoms with van der Waals surface area (Å²) in [4.78, 5) is 31.4. The first-order valence-corrected chi connectivity index (χ1v) is 10.7. The quantitative estimate of drug-likeness (QED) is 0.341. The number of aryl methyl sites for hydroxylation is 1. The van der Waals surface area contributed by atoms with Gasteiger partial charge in [0.25, 0.3) is 5.91 Å². The molecule has 1 amide bonds. The molecule has 1 N–H and O–H groups in total. The minimum Gasteiger partial charge on any atom is -0.351 e. The van der Waals surface area contributed by atoms with Crippen LogP contribution in [0.25, 0.3) is 0 Å². The number of hydrogen-bond donors (Lipinski definition) is 1. The number of nitrogens with one attached hydrogen (secondary N) is 1.